The van der Waals surface area contributed by atoms with Crippen LogP contribution in [-0.2, 0) is 4.74 Å². The summed E-state index contributed by atoms with van der Waals surface area (Å²) in [6.45, 7) is 1.35. The van der Waals surface area contributed by atoms with Crippen molar-refractivity contribution >= 4 is 11.7 Å². The molecule has 4 rings (SSSR count). The number of amides is 1. The number of aromatic nitrogens is 2. The summed E-state index contributed by atoms with van der Waals surface area (Å²) < 4.78 is 5.57. The van der Waals surface area contributed by atoms with Gasteiger partial charge < -0.3 is 15.4 Å². The molecule has 1 saturated carbocycles. The van der Waals surface area contributed by atoms with Crippen molar-refractivity contribution in [2.75, 3.05) is 18.5 Å². The number of hydrogen-bond acceptors (Lipinski definition) is 5. The number of rotatable bonds is 6. The zero-order valence-corrected chi connectivity index (χ0v) is 16.2. The van der Waals surface area contributed by atoms with Gasteiger partial charge in [-0.15, -0.1) is 0 Å². The van der Waals surface area contributed by atoms with E-state index in [1.54, 1.807) is 6.33 Å². The van der Waals surface area contributed by atoms with Crippen molar-refractivity contribution in [1.82, 2.24) is 15.3 Å². The highest BCUT2D eigenvalue weighted by Gasteiger charge is 2.17. The van der Waals surface area contributed by atoms with E-state index in [0.717, 1.165) is 36.5 Å². The lowest BCUT2D eigenvalue weighted by molar-refractivity contribution is 0.0858. The van der Waals surface area contributed by atoms with Gasteiger partial charge in [0, 0.05) is 36.4 Å². The van der Waals surface area contributed by atoms with Gasteiger partial charge in [0.2, 0.25) is 0 Å². The van der Waals surface area contributed by atoms with Crippen molar-refractivity contribution in [3.8, 4) is 11.3 Å². The number of hydrogen-bond donors (Lipinski definition) is 2. The van der Waals surface area contributed by atoms with E-state index in [2.05, 4.69) is 20.6 Å². The first-order chi connectivity index (χ1) is 13.8. The lowest BCUT2D eigenvalue weighted by atomic mass is 9.95. The van der Waals surface area contributed by atoms with Crippen molar-refractivity contribution in [3.63, 3.8) is 0 Å². The molecule has 148 valence electrons. The van der Waals surface area contributed by atoms with Crippen molar-refractivity contribution in [1.29, 1.82) is 0 Å². The van der Waals surface area contributed by atoms with Crippen LogP contribution in [0.1, 0.15) is 55.3 Å². The molecule has 0 unspecified atom stereocenters. The van der Waals surface area contributed by atoms with Crippen LogP contribution < -0.4 is 10.6 Å². The summed E-state index contributed by atoms with van der Waals surface area (Å²) in [5.74, 6) is 0.775. The van der Waals surface area contributed by atoms with Gasteiger partial charge >= 0.3 is 0 Å². The van der Waals surface area contributed by atoms with Crippen LogP contribution in [0, 0.1) is 0 Å². The summed E-state index contributed by atoms with van der Waals surface area (Å²) >= 11 is 0. The van der Waals surface area contributed by atoms with Gasteiger partial charge in [0.15, 0.2) is 0 Å². The molecule has 2 aliphatic rings. The number of nitrogens with one attached hydrogen (secondary N) is 2. The molecule has 0 spiro atoms. The van der Waals surface area contributed by atoms with Crippen molar-refractivity contribution in [2.24, 2.45) is 0 Å². The third-order valence-corrected chi connectivity index (χ3v) is 5.56. The molecule has 2 fully saturated rings. The molecule has 6 heteroatoms. The Morgan fingerprint density at radius 1 is 1.07 bits per heavy atom. The first-order valence-corrected chi connectivity index (χ1v) is 10.4. The van der Waals surface area contributed by atoms with E-state index < -0.39 is 0 Å². The van der Waals surface area contributed by atoms with Crippen LogP contribution in [0.15, 0.2) is 36.7 Å². The zero-order valence-electron chi connectivity index (χ0n) is 16.2. The molecule has 0 radical (unpaired) electrons. The molecule has 1 amide bonds. The minimum absolute atomic E-state index is 0.0769. The van der Waals surface area contributed by atoms with Gasteiger partial charge in [0.1, 0.15) is 12.1 Å². The molecular weight excluding hydrogens is 352 g/mol. The van der Waals surface area contributed by atoms with Crippen LogP contribution in [-0.4, -0.2) is 41.2 Å². The van der Waals surface area contributed by atoms with E-state index in [4.69, 9.17) is 4.74 Å². The maximum absolute atomic E-state index is 12.5. The molecule has 1 aromatic carbocycles. The molecule has 1 saturated heterocycles. The second-order valence-electron chi connectivity index (χ2n) is 7.69. The van der Waals surface area contributed by atoms with E-state index in [0.29, 0.717) is 18.2 Å². The number of ether oxygens (including phenoxy) is 1. The quantitative estimate of drug-likeness (QED) is 0.797. The average Bonchev–Trinajstić information content (AvgIpc) is 3.27. The number of benzene rings is 1. The first-order valence-electron chi connectivity index (χ1n) is 10.4. The SMILES string of the molecule is O=C(NC[C@H]1CCCO1)c1cccc(-c2cc(NC3CCCCC3)ncn2)c1. The Labute approximate surface area is 166 Å². The van der Waals surface area contributed by atoms with Crippen LogP contribution in [0.25, 0.3) is 11.3 Å². The molecule has 28 heavy (non-hydrogen) atoms. The summed E-state index contributed by atoms with van der Waals surface area (Å²) in [7, 11) is 0. The Bertz CT molecular complexity index is 799. The number of carbonyl (C=O) groups excluding carboxylic acids is 1. The Morgan fingerprint density at radius 3 is 2.79 bits per heavy atom. The van der Waals surface area contributed by atoms with Crippen LogP contribution in [0.4, 0.5) is 5.82 Å². The minimum atomic E-state index is -0.0769. The highest BCUT2D eigenvalue weighted by molar-refractivity contribution is 5.95. The van der Waals surface area contributed by atoms with E-state index in [9.17, 15) is 4.79 Å². The highest BCUT2D eigenvalue weighted by atomic mass is 16.5. The predicted octanol–water partition coefficient (Wildman–Crippen LogP) is 3.80. The van der Waals surface area contributed by atoms with Crippen LogP contribution in [0.3, 0.4) is 0 Å². The topological polar surface area (TPSA) is 76.1 Å². The van der Waals surface area contributed by atoms with Gasteiger partial charge in [0.05, 0.1) is 11.8 Å². The number of carbonyl (C=O) groups is 1. The molecule has 0 bridgehead atoms. The summed E-state index contributed by atoms with van der Waals surface area (Å²) in [6, 6.07) is 10.1. The third-order valence-electron chi connectivity index (χ3n) is 5.56. The summed E-state index contributed by atoms with van der Waals surface area (Å²) in [5.41, 5.74) is 2.37. The molecule has 2 heterocycles. The summed E-state index contributed by atoms with van der Waals surface area (Å²) in [6.07, 6.45) is 10.1. The van der Waals surface area contributed by atoms with E-state index >= 15 is 0 Å². The highest BCUT2D eigenvalue weighted by Crippen LogP contribution is 2.24. The Kier molecular flexibility index (Phi) is 6.17. The smallest absolute Gasteiger partial charge is 0.251 e. The largest absolute Gasteiger partial charge is 0.376 e. The van der Waals surface area contributed by atoms with Gasteiger partial charge in [0.25, 0.3) is 5.91 Å². The third kappa shape index (κ3) is 4.87. The normalized spacial score (nSPS) is 20.1. The van der Waals surface area contributed by atoms with Gasteiger partial charge in [-0.2, -0.15) is 0 Å². The summed E-state index contributed by atoms with van der Waals surface area (Å²) in [5, 5.41) is 6.51. The Balaban J connectivity index is 1.43. The second kappa shape index (κ2) is 9.15. The molecule has 1 aliphatic heterocycles. The summed E-state index contributed by atoms with van der Waals surface area (Å²) in [4.78, 5) is 21.3. The standard InChI is InChI=1S/C22H28N4O2/c27-22(23-14-19-10-5-11-28-19)17-7-4-6-16(12-17)20-13-21(25-15-24-20)26-18-8-2-1-3-9-18/h4,6-7,12-13,15,18-19H,1-3,5,8-11,14H2,(H,23,27)(H,24,25,26)/t19-/m1/s1. The fourth-order valence-corrected chi connectivity index (χ4v) is 3.98. The zero-order chi connectivity index (χ0) is 19.2. The van der Waals surface area contributed by atoms with E-state index in [-0.39, 0.29) is 12.0 Å². The van der Waals surface area contributed by atoms with Gasteiger partial charge in [-0.05, 0) is 37.8 Å². The van der Waals surface area contributed by atoms with Crippen LogP contribution in [0.5, 0.6) is 0 Å². The van der Waals surface area contributed by atoms with Crippen molar-refractivity contribution in [2.45, 2.75) is 57.1 Å². The monoisotopic (exact) mass is 380 g/mol. The first kappa shape index (κ1) is 18.9. The van der Waals surface area contributed by atoms with Crippen LogP contribution >= 0.6 is 0 Å². The van der Waals surface area contributed by atoms with Crippen molar-refractivity contribution < 1.29 is 9.53 Å². The maximum Gasteiger partial charge on any atom is 0.251 e. The second-order valence-corrected chi connectivity index (χ2v) is 7.69. The van der Waals surface area contributed by atoms with Crippen LogP contribution in [0.2, 0.25) is 0 Å². The molecule has 2 N–H and O–H groups in total. The lowest BCUT2D eigenvalue weighted by Crippen LogP contribution is -2.31. The van der Waals surface area contributed by atoms with E-state index in [1.807, 2.05) is 30.3 Å². The maximum atomic E-state index is 12.5. The number of nitrogens with zero attached hydrogens (tertiary/aromatic N) is 2. The van der Waals surface area contributed by atoms with E-state index in [1.165, 1.54) is 32.1 Å². The average molecular weight is 380 g/mol. The fourth-order valence-electron chi connectivity index (χ4n) is 3.98. The molecule has 1 aromatic heterocycles. The lowest BCUT2D eigenvalue weighted by Gasteiger charge is -2.23. The minimum Gasteiger partial charge on any atom is -0.376 e. The molecule has 1 aliphatic carbocycles. The Hall–Kier alpha value is -2.47. The van der Waals surface area contributed by atoms with Crippen molar-refractivity contribution in [3.05, 3.63) is 42.2 Å². The molecule has 1 atom stereocenters. The molecule has 2 aromatic rings. The number of anilines is 1. The van der Waals surface area contributed by atoms with Gasteiger partial charge in [-0.1, -0.05) is 31.4 Å². The van der Waals surface area contributed by atoms with Gasteiger partial charge in [-0.25, -0.2) is 9.97 Å². The molecular formula is C22H28N4O2. The van der Waals surface area contributed by atoms with Gasteiger partial charge in [-0.3, -0.25) is 4.79 Å². The Morgan fingerprint density at radius 2 is 1.96 bits per heavy atom. The predicted molar refractivity (Wildman–Crippen MR) is 109 cm³/mol. The fraction of sp³-hybridized carbons (Fsp3) is 0.500. The molecule has 6 nitrogen and oxygen atoms in total.